The normalized spacial score (nSPS) is 11.2. The van der Waals surface area contributed by atoms with E-state index in [1.807, 2.05) is 20.8 Å². The Morgan fingerprint density at radius 1 is 1.38 bits per heavy atom. The van der Waals surface area contributed by atoms with Gasteiger partial charge in [-0.3, -0.25) is 14.9 Å². The quantitative estimate of drug-likeness (QED) is 0.465. The lowest BCUT2D eigenvalue weighted by Gasteiger charge is -2.20. The minimum absolute atomic E-state index is 0.0428. The summed E-state index contributed by atoms with van der Waals surface area (Å²) < 4.78 is 0.787. The number of hydrogen-bond donors (Lipinski definition) is 2. The molecule has 0 saturated carbocycles. The third-order valence-electron chi connectivity index (χ3n) is 2.60. The fourth-order valence-electron chi connectivity index (χ4n) is 1.78. The Kier molecular flexibility index (Phi) is 6.29. The Bertz CT molecular complexity index is 527. The average molecular weight is 358 g/mol. The van der Waals surface area contributed by atoms with Crippen molar-refractivity contribution in [2.75, 3.05) is 6.54 Å². The van der Waals surface area contributed by atoms with Crippen LogP contribution in [0.2, 0.25) is 0 Å². The van der Waals surface area contributed by atoms with Crippen LogP contribution < -0.4 is 10.6 Å². The predicted octanol–water partition coefficient (Wildman–Crippen LogP) is 2.75. The van der Waals surface area contributed by atoms with Crippen LogP contribution >= 0.6 is 15.9 Å². The molecule has 0 aliphatic carbocycles. The molecular weight excluding hydrogens is 338 g/mol. The summed E-state index contributed by atoms with van der Waals surface area (Å²) in [5.74, 6) is -0.0428. The summed E-state index contributed by atoms with van der Waals surface area (Å²) in [5, 5.41) is 16.8. The van der Waals surface area contributed by atoms with E-state index in [4.69, 9.17) is 0 Å². The van der Waals surface area contributed by atoms with Gasteiger partial charge in [0.1, 0.15) is 0 Å². The number of rotatable bonds is 6. The van der Waals surface area contributed by atoms with Crippen LogP contribution in [0.25, 0.3) is 0 Å². The van der Waals surface area contributed by atoms with Crippen molar-refractivity contribution in [2.24, 2.45) is 0 Å². The van der Waals surface area contributed by atoms with Gasteiger partial charge < -0.3 is 10.6 Å². The standard InChI is InChI=1S/C14H20BrN3O3/c1-14(2,3)17-13(19)6-7-16-9-10-8-11(15)4-5-12(10)18(20)21/h4-5,8,16H,6-7,9H2,1-3H3,(H,17,19). The molecule has 0 spiro atoms. The lowest BCUT2D eigenvalue weighted by molar-refractivity contribution is -0.385. The van der Waals surface area contributed by atoms with Crippen LogP contribution in [0.15, 0.2) is 22.7 Å². The Morgan fingerprint density at radius 2 is 2.05 bits per heavy atom. The Morgan fingerprint density at radius 3 is 2.62 bits per heavy atom. The molecule has 2 N–H and O–H groups in total. The van der Waals surface area contributed by atoms with Gasteiger partial charge in [-0.25, -0.2) is 0 Å². The molecule has 1 aromatic rings. The number of nitrogens with one attached hydrogen (secondary N) is 2. The number of nitro groups is 1. The Hall–Kier alpha value is -1.47. The van der Waals surface area contributed by atoms with Gasteiger partial charge in [0.05, 0.1) is 4.92 Å². The van der Waals surface area contributed by atoms with Crippen LogP contribution in [0, 0.1) is 10.1 Å². The number of halogens is 1. The first kappa shape index (κ1) is 17.6. The zero-order valence-corrected chi connectivity index (χ0v) is 14.0. The van der Waals surface area contributed by atoms with Crippen LogP contribution in [0.5, 0.6) is 0 Å². The highest BCUT2D eigenvalue weighted by Gasteiger charge is 2.15. The summed E-state index contributed by atoms with van der Waals surface area (Å²) in [5.41, 5.74) is 0.413. The molecule has 0 unspecified atom stereocenters. The smallest absolute Gasteiger partial charge is 0.273 e. The molecule has 0 fully saturated rings. The van der Waals surface area contributed by atoms with Gasteiger partial charge in [0, 0.05) is 41.2 Å². The van der Waals surface area contributed by atoms with E-state index in [1.54, 1.807) is 12.1 Å². The van der Waals surface area contributed by atoms with Crippen molar-refractivity contribution in [1.29, 1.82) is 0 Å². The molecule has 0 heterocycles. The molecule has 0 radical (unpaired) electrons. The van der Waals surface area contributed by atoms with E-state index >= 15 is 0 Å². The van der Waals surface area contributed by atoms with Crippen LogP contribution in [-0.2, 0) is 11.3 Å². The van der Waals surface area contributed by atoms with Crippen molar-refractivity contribution < 1.29 is 9.72 Å². The van der Waals surface area contributed by atoms with Crippen molar-refractivity contribution in [3.8, 4) is 0 Å². The van der Waals surface area contributed by atoms with E-state index in [0.29, 0.717) is 25.1 Å². The minimum atomic E-state index is -0.407. The molecule has 1 amide bonds. The van der Waals surface area contributed by atoms with E-state index in [9.17, 15) is 14.9 Å². The highest BCUT2D eigenvalue weighted by Crippen LogP contribution is 2.22. The maximum Gasteiger partial charge on any atom is 0.273 e. The number of nitrogens with zero attached hydrogens (tertiary/aromatic N) is 1. The van der Waals surface area contributed by atoms with Crippen LogP contribution in [0.3, 0.4) is 0 Å². The van der Waals surface area contributed by atoms with Crippen LogP contribution in [-0.4, -0.2) is 22.9 Å². The molecule has 21 heavy (non-hydrogen) atoms. The van der Waals surface area contributed by atoms with Crippen molar-refractivity contribution in [3.05, 3.63) is 38.3 Å². The maximum atomic E-state index is 11.6. The van der Waals surface area contributed by atoms with Gasteiger partial charge in [-0.05, 0) is 32.9 Å². The third kappa shape index (κ3) is 6.68. The molecule has 0 aliphatic rings. The summed E-state index contributed by atoms with van der Waals surface area (Å²) >= 11 is 3.30. The van der Waals surface area contributed by atoms with Gasteiger partial charge >= 0.3 is 0 Å². The lowest BCUT2D eigenvalue weighted by atomic mass is 10.1. The summed E-state index contributed by atoms with van der Waals surface area (Å²) in [4.78, 5) is 22.2. The molecule has 7 heteroatoms. The highest BCUT2D eigenvalue weighted by atomic mass is 79.9. The summed E-state index contributed by atoms with van der Waals surface area (Å²) in [7, 11) is 0. The average Bonchev–Trinajstić information content (AvgIpc) is 2.32. The zero-order valence-electron chi connectivity index (χ0n) is 12.4. The van der Waals surface area contributed by atoms with Crippen LogP contribution in [0.4, 0.5) is 5.69 Å². The SMILES string of the molecule is CC(C)(C)NC(=O)CCNCc1cc(Br)ccc1[N+](=O)[O-]. The third-order valence-corrected chi connectivity index (χ3v) is 3.09. The second-order valence-corrected chi connectivity index (χ2v) is 6.67. The van der Waals surface area contributed by atoms with Crippen molar-refractivity contribution >= 4 is 27.5 Å². The minimum Gasteiger partial charge on any atom is -0.351 e. The van der Waals surface area contributed by atoms with Crippen molar-refractivity contribution in [3.63, 3.8) is 0 Å². The summed E-state index contributed by atoms with van der Waals surface area (Å²) in [6, 6.07) is 4.81. The number of amides is 1. The van der Waals surface area contributed by atoms with Gasteiger partial charge in [-0.1, -0.05) is 15.9 Å². The molecular formula is C14H20BrN3O3. The molecule has 1 rings (SSSR count). The predicted molar refractivity (Wildman–Crippen MR) is 85.0 cm³/mol. The van der Waals surface area contributed by atoms with E-state index in [0.717, 1.165) is 4.47 Å². The molecule has 0 aliphatic heterocycles. The monoisotopic (exact) mass is 357 g/mol. The first-order chi connectivity index (χ1) is 9.69. The van der Waals surface area contributed by atoms with E-state index < -0.39 is 4.92 Å². The van der Waals surface area contributed by atoms with Gasteiger partial charge in [0.15, 0.2) is 0 Å². The fraction of sp³-hybridized carbons (Fsp3) is 0.500. The van der Waals surface area contributed by atoms with Gasteiger partial charge in [-0.15, -0.1) is 0 Å². The van der Waals surface area contributed by atoms with E-state index in [2.05, 4.69) is 26.6 Å². The fourth-order valence-corrected chi connectivity index (χ4v) is 2.19. The second kappa shape index (κ2) is 7.51. The molecule has 0 atom stereocenters. The van der Waals surface area contributed by atoms with Crippen molar-refractivity contribution in [2.45, 2.75) is 39.3 Å². The highest BCUT2D eigenvalue weighted by molar-refractivity contribution is 9.10. The molecule has 116 valence electrons. The number of nitro benzene ring substituents is 1. The molecule has 1 aromatic carbocycles. The number of carbonyl (C=O) groups excluding carboxylic acids is 1. The largest absolute Gasteiger partial charge is 0.351 e. The topological polar surface area (TPSA) is 84.3 Å². The van der Waals surface area contributed by atoms with E-state index in [-0.39, 0.29) is 17.1 Å². The van der Waals surface area contributed by atoms with E-state index in [1.165, 1.54) is 6.07 Å². The molecule has 0 bridgehead atoms. The van der Waals surface area contributed by atoms with Crippen molar-refractivity contribution in [1.82, 2.24) is 10.6 Å². The zero-order chi connectivity index (χ0) is 16.0. The van der Waals surface area contributed by atoms with Crippen LogP contribution in [0.1, 0.15) is 32.8 Å². The Balaban J connectivity index is 2.48. The summed E-state index contributed by atoms with van der Waals surface area (Å²) in [6.07, 6.45) is 0.332. The number of hydrogen-bond acceptors (Lipinski definition) is 4. The first-order valence-corrected chi connectivity index (χ1v) is 7.43. The Labute approximate surface area is 132 Å². The van der Waals surface area contributed by atoms with Gasteiger partial charge in [-0.2, -0.15) is 0 Å². The van der Waals surface area contributed by atoms with Gasteiger partial charge in [0.2, 0.25) is 5.91 Å². The molecule has 0 saturated heterocycles. The lowest BCUT2D eigenvalue weighted by Crippen LogP contribution is -2.41. The number of benzene rings is 1. The van der Waals surface area contributed by atoms with Gasteiger partial charge in [0.25, 0.3) is 5.69 Å². The first-order valence-electron chi connectivity index (χ1n) is 6.63. The molecule has 6 nitrogen and oxygen atoms in total. The number of carbonyl (C=O) groups is 1. The second-order valence-electron chi connectivity index (χ2n) is 5.76. The maximum absolute atomic E-state index is 11.6. The summed E-state index contributed by atoms with van der Waals surface area (Å²) in [6.45, 7) is 6.57. The molecule has 0 aromatic heterocycles.